The molecule has 1 aliphatic heterocycles. The zero-order chi connectivity index (χ0) is 13.3. The van der Waals surface area contributed by atoms with Gasteiger partial charge in [0.2, 0.25) is 0 Å². The molecule has 1 saturated carbocycles. The summed E-state index contributed by atoms with van der Waals surface area (Å²) in [5.74, 6) is 5.54. The third-order valence-corrected chi connectivity index (χ3v) is 4.16. The Morgan fingerprint density at radius 3 is 2.84 bits per heavy atom. The highest BCUT2D eigenvalue weighted by molar-refractivity contribution is 5.70. The quantitative estimate of drug-likeness (QED) is 0.815. The molecule has 3 N–H and O–H groups in total. The van der Waals surface area contributed by atoms with Crippen LogP contribution < -0.4 is 11.2 Å². The third kappa shape index (κ3) is 2.43. The maximum Gasteiger partial charge on any atom is 0.407 e. The minimum atomic E-state index is -0.281. The Morgan fingerprint density at radius 1 is 1.42 bits per heavy atom. The molecule has 1 aromatic carbocycles. The fraction of sp³-hybridized carbons (Fsp3) is 0.500. The molecule has 2 aliphatic rings. The monoisotopic (exact) mass is 262 g/mol. The van der Waals surface area contributed by atoms with Crippen molar-refractivity contribution in [2.24, 2.45) is 5.90 Å². The van der Waals surface area contributed by atoms with Crippen LogP contribution in [0.1, 0.15) is 36.3 Å². The molecule has 0 radical (unpaired) electrons. The second-order valence-electron chi connectivity index (χ2n) is 5.47. The van der Waals surface area contributed by atoms with Crippen LogP contribution in [0.25, 0.3) is 0 Å². The molecule has 3 rings (SSSR count). The van der Waals surface area contributed by atoms with E-state index in [4.69, 9.17) is 10.6 Å². The summed E-state index contributed by atoms with van der Waals surface area (Å²) in [6.45, 7) is 0.931. The highest BCUT2D eigenvalue weighted by atomic mass is 16.6. The smallest absolute Gasteiger partial charge is 0.407 e. The topological polar surface area (TPSA) is 73.6 Å². The van der Waals surface area contributed by atoms with Crippen LogP contribution in [-0.4, -0.2) is 18.2 Å². The van der Waals surface area contributed by atoms with Gasteiger partial charge in [0.25, 0.3) is 0 Å². The van der Waals surface area contributed by atoms with E-state index in [9.17, 15) is 4.79 Å². The standard InChI is InChI=1S/C14H18N2O3/c15-19-8-10-1-3-11(4-2-10)12-5-6-14(7-12)9-18-13(17)16-14/h1-4,12H,5-9,15H2,(H,16,17)/t12-,14+/m0/s1. The number of nitrogens with two attached hydrogens (primary N) is 1. The zero-order valence-electron chi connectivity index (χ0n) is 10.7. The summed E-state index contributed by atoms with van der Waals surface area (Å²) < 4.78 is 5.05. The first kappa shape index (κ1) is 12.4. The summed E-state index contributed by atoms with van der Waals surface area (Å²) >= 11 is 0. The van der Waals surface area contributed by atoms with Gasteiger partial charge in [0.05, 0.1) is 12.1 Å². The summed E-state index contributed by atoms with van der Waals surface area (Å²) in [5, 5.41) is 2.96. The zero-order valence-corrected chi connectivity index (χ0v) is 10.7. The molecule has 5 heteroatoms. The number of amides is 1. The van der Waals surface area contributed by atoms with Crippen molar-refractivity contribution in [2.45, 2.75) is 37.3 Å². The maximum absolute atomic E-state index is 11.2. The van der Waals surface area contributed by atoms with E-state index in [0.29, 0.717) is 19.1 Å². The number of hydrogen-bond donors (Lipinski definition) is 2. The minimum Gasteiger partial charge on any atom is -0.447 e. The van der Waals surface area contributed by atoms with E-state index >= 15 is 0 Å². The minimum absolute atomic E-state index is 0.138. The lowest BCUT2D eigenvalue weighted by Gasteiger charge is -2.20. The fourth-order valence-corrected chi connectivity index (χ4v) is 3.13. The van der Waals surface area contributed by atoms with E-state index in [1.807, 2.05) is 12.1 Å². The Bertz CT molecular complexity index is 474. The average Bonchev–Trinajstić information content (AvgIpc) is 2.98. The van der Waals surface area contributed by atoms with Gasteiger partial charge in [0.1, 0.15) is 6.61 Å². The number of ether oxygens (including phenoxy) is 1. The van der Waals surface area contributed by atoms with Gasteiger partial charge in [0, 0.05) is 0 Å². The molecule has 1 amide bonds. The number of rotatable bonds is 3. The van der Waals surface area contributed by atoms with Crippen molar-refractivity contribution in [3.8, 4) is 0 Å². The molecule has 1 heterocycles. The lowest BCUT2D eigenvalue weighted by Crippen LogP contribution is -2.40. The van der Waals surface area contributed by atoms with Crippen molar-refractivity contribution >= 4 is 6.09 Å². The van der Waals surface area contributed by atoms with Crippen molar-refractivity contribution in [3.63, 3.8) is 0 Å². The first-order valence-corrected chi connectivity index (χ1v) is 6.56. The van der Waals surface area contributed by atoms with E-state index in [2.05, 4.69) is 22.3 Å². The number of carbonyl (C=O) groups excluding carboxylic acids is 1. The predicted molar refractivity (Wildman–Crippen MR) is 69.2 cm³/mol. The van der Waals surface area contributed by atoms with Gasteiger partial charge in [-0.3, -0.25) is 4.84 Å². The lowest BCUT2D eigenvalue weighted by molar-refractivity contribution is 0.124. The highest BCUT2D eigenvalue weighted by Gasteiger charge is 2.45. The number of benzene rings is 1. The van der Waals surface area contributed by atoms with Gasteiger partial charge in [-0.1, -0.05) is 24.3 Å². The summed E-state index contributed by atoms with van der Waals surface area (Å²) in [6.07, 6.45) is 2.73. The largest absolute Gasteiger partial charge is 0.447 e. The van der Waals surface area contributed by atoms with Crippen LogP contribution >= 0.6 is 0 Å². The second kappa shape index (κ2) is 4.83. The predicted octanol–water partition coefficient (Wildman–Crippen LogP) is 1.82. The maximum atomic E-state index is 11.2. The van der Waals surface area contributed by atoms with Crippen LogP contribution in [0.5, 0.6) is 0 Å². The number of carbonyl (C=O) groups is 1. The van der Waals surface area contributed by atoms with E-state index in [1.54, 1.807) is 0 Å². The summed E-state index contributed by atoms with van der Waals surface area (Å²) in [5.41, 5.74) is 2.23. The average molecular weight is 262 g/mol. The number of nitrogens with one attached hydrogen (secondary N) is 1. The van der Waals surface area contributed by atoms with Gasteiger partial charge in [-0.2, -0.15) is 0 Å². The van der Waals surface area contributed by atoms with Crippen LogP contribution in [0.2, 0.25) is 0 Å². The Kier molecular flexibility index (Phi) is 3.16. The molecule has 1 aliphatic carbocycles. The lowest BCUT2D eigenvalue weighted by atomic mass is 9.93. The van der Waals surface area contributed by atoms with E-state index in [0.717, 1.165) is 24.8 Å². The second-order valence-corrected chi connectivity index (χ2v) is 5.47. The Hall–Kier alpha value is -1.59. The molecule has 102 valence electrons. The molecule has 2 fully saturated rings. The van der Waals surface area contributed by atoms with E-state index < -0.39 is 0 Å². The highest BCUT2D eigenvalue weighted by Crippen LogP contribution is 2.42. The molecular formula is C14H18N2O3. The molecular weight excluding hydrogens is 244 g/mol. The van der Waals surface area contributed by atoms with Crippen LogP contribution in [0.3, 0.4) is 0 Å². The van der Waals surface area contributed by atoms with Crippen LogP contribution in [0.15, 0.2) is 24.3 Å². The molecule has 1 spiro atoms. The molecule has 1 saturated heterocycles. The summed E-state index contributed by atoms with van der Waals surface area (Å²) in [7, 11) is 0. The van der Waals surface area contributed by atoms with E-state index in [-0.39, 0.29) is 11.6 Å². The molecule has 5 nitrogen and oxygen atoms in total. The van der Waals surface area contributed by atoms with Crippen LogP contribution in [0.4, 0.5) is 4.79 Å². The van der Waals surface area contributed by atoms with Gasteiger partial charge in [-0.25, -0.2) is 10.7 Å². The number of cyclic esters (lactones) is 1. The van der Waals surface area contributed by atoms with Crippen molar-refractivity contribution in [3.05, 3.63) is 35.4 Å². The Morgan fingerprint density at radius 2 is 2.21 bits per heavy atom. The molecule has 1 aromatic rings. The van der Waals surface area contributed by atoms with Crippen LogP contribution in [0, 0.1) is 0 Å². The fourth-order valence-electron chi connectivity index (χ4n) is 3.13. The SMILES string of the molecule is NOCc1ccc([C@H]2CC[C@]3(COC(=O)N3)C2)cc1. The Labute approximate surface area is 112 Å². The van der Waals surface area contributed by atoms with Gasteiger partial charge >= 0.3 is 6.09 Å². The first-order chi connectivity index (χ1) is 9.21. The molecule has 0 aromatic heterocycles. The van der Waals surface area contributed by atoms with Gasteiger partial charge in [0.15, 0.2) is 0 Å². The van der Waals surface area contributed by atoms with Gasteiger partial charge < -0.3 is 10.1 Å². The Balaban J connectivity index is 1.69. The molecule has 19 heavy (non-hydrogen) atoms. The molecule has 0 bridgehead atoms. The van der Waals surface area contributed by atoms with Gasteiger partial charge in [-0.05, 0) is 36.3 Å². The van der Waals surface area contributed by atoms with Gasteiger partial charge in [-0.15, -0.1) is 0 Å². The normalized spacial score (nSPS) is 29.5. The van der Waals surface area contributed by atoms with E-state index in [1.165, 1.54) is 5.56 Å². The summed E-state index contributed by atoms with van der Waals surface area (Å²) in [6, 6.07) is 8.32. The van der Waals surface area contributed by atoms with Crippen molar-refractivity contribution < 1.29 is 14.4 Å². The molecule has 2 atom stereocenters. The third-order valence-electron chi connectivity index (χ3n) is 4.16. The number of hydrogen-bond acceptors (Lipinski definition) is 4. The van der Waals surface area contributed by atoms with Crippen molar-refractivity contribution in [1.82, 2.24) is 5.32 Å². The van der Waals surface area contributed by atoms with Crippen molar-refractivity contribution in [1.29, 1.82) is 0 Å². The van der Waals surface area contributed by atoms with Crippen molar-refractivity contribution in [2.75, 3.05) is 6.61 Å². The molecule has 0 unspecified atom stereocenters. The van der Waals surface area contributed by atoms with Crippen LogP contribution in [-0.2, 0) is 16.2 Å². The number of alkyl carbamates (subject to hydrolysis) is 1. The first-order valence-electron chi connectivity index (χ1n) is 6.56. The summed E-state index contributed by atoms with van der Waals surface area (Å²) in [4.78, 5) is 15.8.